The van der Waals surface area contributed by atoms with Gasteiger partial charge in [0.2, 0.25) is 0 Å². The molecule has 0 aliphatic heterocycles. The van der Waals surface area contributed by atoms with Crippen LogP contribution in [0.15, 0.2) is 35.6 Å². The van der Waals surface area contributed by atoms with Gasteiger partial charge in [-0.3, -0.25) is 4.99 Å². The molecule has 0 spiro atoms. The largest absolute Gasteiger partial charge is 0.497 e. The highest BCUT2D eigenvalue weighted by Gasteiger charge is 2.03. The molecule has 0 saturated heterocycles. The van der Waals surface area contributed by atoms with Gasteiger partial charge in [0.1, 0.15) is 17.9 Å². The van der Waals surface area contributed by atoms with Crippen LogP contribution in [-0.4, -0.2) is 59.5 Å². The van der Waals surface area contributed by atoms with Crippen molar-refractivity contribution in [2.45, 2.75) is 26.3 Å². The molecule has 0 unspecified atom stereocenters. The third-order valence-electron chi connectivity index (χ3n) is 4.09. The van der Waals surface area contributed by atoms with Gasteiger partial charge < -0.3 is 19.9 Å². The predicted octanol–water partition coefficient (Wildman–Crippen LogP) is 1.99. The second kappa shape index (κ2) is 12.2. The lowest BCUT2D eigenvalue weighted by Crippen LogP contribution is -2.40. The summed E-state index contributed by atoms with van der Waals surface area (Å²) in [5.74, 6) is 3.75. The minimum absolute atomic E-state index is 0.776. The zero-order valence-corrected chi connectivity index (χ0v) is 17.3. The van der Waals surface area contributed by atoms with E-state index in [1.807, 2.05) is 12.1 Å². The lowest BCUT2D eigenvalue weighted by atomic mass is 10.1. The van der Waals surface area contributed by atoms with Crippen molar-refractivity contribution in [2.24, 2.45) is 4.99 Å². The van der Waals surface area contributed by atoms with E-state index < -0.39 is 0 Å². The summed E-state index contributed by atoms with van der Waals surface area (Å²) < 4.78 is 7.27. The van der Waals surface area contributed by atoms with Crippen LogP contribution in [0.1, 0.15) is 18.3 Å². The van der Waals surface area contributed by atoms with Crippen LogP contribution in [0.3, 0.4) is 0 Å². The standard InChI is InChI=1S/C19H30N6OS/c1-4-18-24-23-15-25(18)13-11-21-19(22-12-14-27-3)20-10-9-16-5-7-17(26-2)8-6-16/h5-8,15H,4,9-14H2,1-3H3,(H2,20,21,22). The number of ether oxygens (including phenoxy) is 1. The molecular formula is C19H30N6OS. The lowest BCUT2D eigenvalue weighted by molar-refractivity contribution is 0.414. The number of hydrogen-bond acceptors (Lipinski definition) is 5. The van der Waals surface area contributed by atoms with Crippen LogP contribution in [0, 0.1) is 0 Å². The van der Waals surface area contributed by atoms with Gasteiger partial charge in [-0.2, -0.15) is 11.8 Å². The van der Waals surface area contributed by atoms with E-state index in [1.54, 1.807) is 25.2 Å². The molecule has 148 valence electrons. The number of rotatable bonds is 11. The molecule has 0 aliphatic carbocycles. The molecule has 2 N–H and O–H groups in total. The van der Waals surface area contributed by atoms with E-state index in [-0.39, 0.29) is 0 Å². The third-order valence-corrected chi connectivity index (χ3v) is 4.68. The van der Waals surface area contributed by atoms with Gasteiger partial charge in [-0.25, -0.2) is 0 Å². The molecule has 8 heteroatoms. The van der Waals surface area contributed by atoms with Crippen molar-refractivity contribution in [1.82, 2.24) is 25.4 Å². The molecule has 0 atom stereocenters. The first-order chi connectivity index (χ1) is 13.3. The van der Waals surface area contributed by atoms with Crippen molar-refractivity contribution < 1.29 is 4.74 Å². The maximum atomic E-state index is 5.20. The summed E-state index contributed by atoms with van der Waals surface area (Å²) in [5, 5.41) is 14.9. The van der Waals surface area contributed by atoms with Crippen LogP contribution in [0.4, 0.5) is 0 Å². The summed E-state index contributed by atoms with van der Waals surface area (Å²) in [5.41, 5.74) is 1.27. The van der Waals surface area contributed by atoms with Crippen molar-refractivity contribution >= 4 is 17.7 Å². The Balaban J connectivity index is 1.80. The predicted molar refractivity (Wildman–Crippen MR) is 113 cm³/mol. The van der Waals surface area contributed by atoms with E-state index in [0.29, 0.717) is 0 Å². The smallest absolute Gasteiger partial charge is 0.191 e. The highest BCUT2D eigenvalue weighted by Crippen LogP contribution is 2.11. The number of aromatic nitrogens is 3. The zero-order chi connectivity index (χ0) is 19.3. The molecule has 0 bridgehead atoms. The Kier molecular flexibility index (Phi) is 9.54. The minimum atomic E-state index is 0.776. The molecule has 0 aliphatic rings. The number of nitrogens with zero attached hydrogens (tertiary/aromatic N) is 4. The third kappa shape index (κ3) is 7.50. The maximum Gasteiger partial charge on any atom is 0.191 e. The Morgan fingerprint density at radius 3 is 2.70 bits per heavy atom. The number of aryl methyl sites for hydroxylation is 1. The molecule has 7 nitrogen and oxygen atoms in total. The van der Waals surface area contributed by atoms with E-state index in [9.17, 15) is 0 Å². The van der Waals surface area contributed by atoms with Crippen LogP contribution in [0.2, 0.25) is 0 Å². The summed E-state index contributed by atoms with van der Waals surface area (Å²) in [4.78, 5) is 4.65. The Morgan fingerprint density at radius 1 is 1.22 bits per heavy atom. The van der Waals surface area contributed by atoms with Crippen LogP contribution >= 0.6 is 11.8 Å². The molecule has 2 aromatic rings. The number of benzene rings is 1. The number of methoxy groups -OCH3 is 1. The van der Waals surface area contributed by atoms with E-state index in [2.05, 4.69) is 55.7 Å². The summed E-state index contributed by atoms with van der Waals surface area (Å²) in [6.07, 6.45) is 5.69. The Labute approximate surface area is 166 Å². The van der Waals surface area contributed by atoms with Crippen LogP contribution in [0.25, 0.3) is 0 Å². The van der Waals surface area contributed by atoms with E-state index in [1.165, 1.54) is 5.56 Å². The second-order valence-electron chi connectivity index (χ2n) is 5.97. The van der Waals surface area contributed by atoms with Gasteiger partial charge in [-0.1, -0.05) is 19.1 Å². The first kappa shape index (κ1) is 21.1. The molecule has 0 fully saturated rings. The van der Waals surface area contributed by atoms with Gasteiger partial charge in [0.05, 0.1) is 13.7 Å². The fraction of sp³-hybridized carbons (Fsp3) is 0.526. The monoisotopic (exact) mass is 390 g/mol. The Bertz CT molecular complexity index is 686. The highest BCUT2D eigenvalue weighted by molar-refractivity contribution is 7.98. The summed E-state index contributed by atoms with van der Waals surface area (Å²) in [6.45, 7) is 5.30. The molecule has 0 amide bonds. The molecule has 27 heavy (non-hydrogen) atoms. The number of nitrogens with one attached hydrogen (secondary N) is 2. The van der Waals surface area contributed by atoms with Crippen LogP contribution in [-0.2, 0) is 19.4 Å². The highest BCUT2D eigenvalue weighted by atomic mass is 32.2. The maximum absolute atomic E-state index is 5.20. The van der Waals surface area contributed by atoms with Gasteiger partial charge in [0.15, 0.2) is 5.96 Å². The lowest BCUT2D eigenvalue weighted by Gasteiger charge is -2.13. The summed E-state index contributed by atoms with van der Waals surface area (Å²) in [7, 11) is 1.68. The quantitative estimate of drug-likeness (QED) is 0.347. The molecule has 1 aromatic carbocycles. The fourth-order valence-corrected chi connectivity index (χ4v) is 2.85. The Morgan fingerprint density at radius 2 is 2.00 bits per heavy atom. The van der Waals surface area contributed by atoms with E-state index in [0.717, 1.165) is 62.3 Å². The average Bonchev–Trinajstić information content (AvgIpc) is 3.16. The van der Waals surface area contributed by atoms with Gasteiger partial charge >= 0.3 is 0 Å². The molecular weight excluding hydrogens is 360 g/mol. The first-order valence-corrected chi connectivity index (χ1v) is 10.7. The molecule has 1 aromatic heterocycles. The Hall–Kier alpha value is -2.22. The van der Waals surface area contributed by atoms with Crippen molar-refractivity contribution in [2.75, 3.05) is 38.8 Å². The number of hydrogen-bond donors (Lipinski definition) is 2. The first-order valence-electron chi connectivity index (χ1n) is 9.27. The number of aliphatic imine (C=N–C) groups is 1. The second-order valence-corrected chi connectivity index (χ2v) is 6.95. The van der Waals surface area contributed by atoms with Gasteiger partial charge in [0, 0.05) is 31.8 Å². The van der Waals surface area contributed by atoms with Crippen molar-refractivity contribution in [1.29, 1.82) is 0 Å². The number of thioether (sulfide) groups is 1. The average molecular weight is 391 g/mol. The van der Waals surface area contributed by atoms with E-state index >= 15 is 0 Å². The minimum Gasteiger partial charge on any atom is -0.497 e. The number of guanidine groups is 1. The zero-order valence-electron chi connectivity index (χ0n) is 16.4. The van der Waals surface area contributed by atoms with Crippen LogP contribution < -0.4 is 15.4 Å². The van der Waals surface area contributed by atoms with E-state index in [4.69, 9.17) is 4.74 Å². The van der Waals surface area contributed by atoms with Crippen molar-refractivity contribution in [3.63, 3.8) is 0 Å². The van der Waals surface area contributed by atoms with Crippen LogP contribution in [0.5, 0.6) is 5.75 Å². The van der Waals surface area contributed by atoms with Gasteiger partial charge in [-0.05, 0) is 30.4 Å². The van der Waals surface area contributed by atoms with Gasteiger partial charge in [-0.15, -0.1) is 10.2 Å². The SMILES string of the molecule is CCc1nncn1CCNC(=NCCSC)NCCc1ccc(OC)cc1. The van der Waals surface area contributed by atoms with Crippen molar-refractivity contribution in [3.8, 4) is 5.75 Å². The molecule has 1 heterocycles. The molecule has 0 radical (unpaired) electrons. The molecule has 0 saturated carbocycles. The van der Waals surface area contributed by atoms with Crippen molar-refractivity contribution in [3.05, 3.63) is 42.0 Å². The van der Waals surface area contributed by atoms with Gasteiger partial charge in [0.25, 0.3) is 0 Å². The summed E-state index contributed by atoms with van der Waals surface area (Å²) >= 11 is 1.80. The summed E-state index contributed by atoms with van der Waals surface area (Å²) in [6, 6.07) is 8.17. The topological polar surface area (TPSA) is 76.4 Å². The normalized spacial score (nSPS) is 11.4. The molecule has 2 rings (SSSR count). The fourth-order valence-electron chi connectivity index (χ4n) is 2.57.